The zero-order valence-electron chi connectivity index (χ0n) is 15.3. The van der Waals surface area contributed by atoms with E-state index in [2.05, 4.69) is 20.8 Å². The Bertz CT molecular complexity index is 389. The molecule has 0 spiro atoms. The smallest absolute Gasteiger partial charge is 0.0295 e. The second-order valence-corrected chi connectivity index (χ2v) is 10.1. The zero-order chi connectivity index (χ0) is 15.3. The minimum absolute atomic E-state index is 0.615. The first-order chi connectivity index (χ1) is 10.6. The number of hydrogen-bond donors (Lipinski definition) is 0. The lowest BCUT2D eigenvalue weighted by molar-refractivity contribution is -0.0483. The van der Waals surface area contributed by atoms with Gasteiger partial charge in [-0.2, -0.15) is 0 Å². The van der Waals surface area contributed by atoms with Crippen LogP contribution < -0.4 is 0 Å². The monoisotopic (exact) mass is 302 g/mol. The average molecular weight is 303 g/mol. The molecule has 4 saturated carbocycles. The molecule has 0 amide bonds. The second-order valence-electron chi connectivity index (χ2n) is 10.1. The van der Waals surface area contributed by atoms with Gasteiger partial charge in [0.05, 0.1) is 0 Å². The summed E-state index contributed by atoms with van der Waals surface area (Å²) in [5, 5.41) is 0. The Labute approximate surface area is 138 Å². The van der Waals surface area contributed by atoms with Gasteiger partial charge in [-0.25, -0.2) is 0 Å². The van der Waals surface area contributed by atoms with Gasteiger partial charge in [-0.1, -0.05) is 46.5 Å². The molecule has 4 fully saturated rings. The minimum atomic E-state index is 0.615. The van der Waals surface area contributed by atoms with Gasteiger partial charge in [-0.05, 0) is 91.8 Å². The largest absolute Gasteiger partial charge is 0.0622 e. The van der Waals surface area contributed by atoms with Crippen molar-refractivity contribution in [3.05, 3.63) is 0 Å². The summed E-state index contributed by atoms with van der Waals surface area (Å²) in [5.41, 5.74) is 0.615. The molecule has 0 radical (unpaired) electrons. The van der Waals surface area contributed by atoms with Gasteiger partial charge in [0.25, 0.3) is 0 Å². The van der Waals surface area contributed by atoms with Gasteiger partial charge in [0.1, 0.15) is 0 Å². The molecular formula is C22H38. The van der Waals surface area contributed by atoms with Gasteiger partial charge in [0.2, 0.25) is 0 Å². The van der Waals surface area contributed by atoms with Crippen molar-refractivity contribution < 1.29 is 0 Å². The molecule has 0 saturated heterocycles. The van der Waals surface area contributed by atoms with Crippen LogP contribution >= 0.6 is 0 Å². The van der Waals surface area contributed by atoms with Crippen LogP contribution in [0, 0.1) is 46.8 Å². The Morgan fingerprint density at radius 2 is 1.45 bits per heavy atom. The highest BCUT2D eigenvalue weighted by molar-refractivity contribution is 5.03. The predicted octanol–water partition coefficient (Wildman–Crippen LogP) is 6.69. The van der Waals surface area contributed by atoms with E-state index < -0.39 is 0 Å². The summed E-state index contributed by atoms with van der Waals surface area (Å²) in [5.74, 6) is 7.56. The van der Waals surface area contributed by atoms with E-state index in [0.717, 1.165) is 41.4 Å². The molecule has 0 nitrogen and oxygen atoms in total. The standard InChI is InChI=1S/C22H38/c1-15-14-16-12-13-20(19-11-7-10-18(15)21(16)19)22(2,3)17-8-5-4-6-9-17/h15-21H,4-14H2,1-3H3. The van der Waals surface area contributed by atoms with Crippen molar-refractivity contribution in [1.29, 1.82) is 0 Å². The molecule has 0 aromatic heterocycles. The Morgan fingerprint density at radius 1 is 0.727 bits per heavy atom. The first-order valence-electron chi connectivity index (χ1n) is 10.6. The van der Waals surface area contributed by atoms with Gasteiger partial charge >= 0.3 is 0 Å². The fraction of sp³-hybridized carbons (Fsp3) is 1.00. The van der Waals surface area contributed by atoms with Crippen molar-refractivity contribution in [1.82, 2.24) is 0 Å². The van der Waals surface area contributed by atoms with Crippen molar-refractivity contribution in [2.24, 2.45) is 46.8 Å². The Balaban J connectivity index is 1.57. The van der Waals surface area contributed by atoms with Crippen LogP contribution in [0.2, 0.25) is 0 Å². The zero-order valence-corrected chi connectivity index (χ0v) is 15.3. The summed E-state index contributed by atoms with van der Waals surface area (Å²) in [4.78, 5) is 0. The van der Waals surface area contributed by atoms with Crippen LogP contribution in [0.15, 0.2) is 0 Å². The summed E-state index contributed by atoms with van der Waals surface area (Å²) in [6.07, 6.45) is 17.0. The van der Waals surface area contributed by atoms with E-state index >= 15 is 0 Å². The first kappa shape index (κ1) is 15.5. The maximum absolute atomic E-state index is 2.68. The molecule has 0 heteroatoms. The summed E-state index contributed by atoms with van der Waals surface area (Å²) < 4.78 is 0. The highest BCUT2D eigenvalue weighted by Gasteiger charge is 2.54. The average Bonchev–Trinajstić information content (AvgIpc) is 2.87. The highest BCUT2D eigenvalue weighted by Crippen LogP contribution is 2.62. The summed E-state index contributed by atoms with van der Waals surface area (Å²) in [6, 6.07) is 0. The molecule has 6 unspecified atom stereocenters. The number of hydrogen-bond acceptors (Lipinski definition) is 0. The van der Waals surface area contributed by atoms with E-state index in [1.54, 1.807) is 38.5 Å². The number of rotatable bonds is 2. The Kier molecular flexibility index (Phi) is 4.10. The van der Waals surface area contributed by atoms with Crippen LogP contribution in [0.4, 0.5) is 0 Å². The van der Waals surface area contributed by atoms with Gasteiger partial charge in [-0.3, -0.25) is 0 Å². The summed E-state index contributed by atoms with van der Waals surface area (Å²) in [7, 11) is 0. The molecule has 6 atom stereocenters. The van der Waals surface area contributed by atoms with Crippen molar-refractivity contribution in [3.8, 4) is 0 Å². The molecule has 0 bridgehead atoms. The van der Waals surface area contributed by atoms with Crippen LogP contribution in [0.25, 0.3) is 0 Å². The lowest BCUT2D eigenvalue weighted by Crippen LogP contribution is -2.46. The topological polar surface area (TPSA) is 0 Å². The van der Waals surface area contributed by atoms with Crippen LogP contribution in [-0.4, -0.2) is 0 Å². The molecular weight excluding hydrogens is 264 g/mol. The lowest BCUT2D eigenvalue weighted by Gasteiger charge is -2.54. The third-order valence-corrected chi connectivity index (χ3v) is 8.99. The van der Waals surface area contributed by atoms with Crippen LogP contribution in [0.5, 0.6) is 0 Å². The third-order valence-electron chi connectivity index (χ3n) is 8.99. The van der Waals surface area contributed by atoms with Crippen molar-refractivity contribution in [2.75, 3.05) is 0 Å². The SMILES string of the molecule is CC1CC2CCC(C(C)(C)C3CCCCC3)C3CCCC1C23. The molecule has 4 rings (SSSR count). The highest BCUT2D eigenvalue weighted by atomic mass is 14.6. The lowest BCUT2D eigenvalue weighted by atomic mass is 9.51. The Morgan fingerprint density at radius 3 is 2.23 bits per heavy atom. The maximum Gasteiger partial charge on any atom is -0.0295 e. The fourth-order valence-electron chi connectivity index (χ4n) is 7.92. The van der Waals surface area contributed by atoms with Crippen LogP contribution in [0.1, 0.15) is 91.4 Å². The van der Waals surface area contributed by atoms with E-state index in [0.29, 0.717) is 5.41 Å². The predicted molar refractivity (Wildman–Crippen MR) is 94.7 cm³/mol. The van der Waals surface area contributed by atoms with Crippen molar-refractivity contribution in [3.63, 3.8) is 0 Å². The van der Waals surface area contributed by atoms with E-state index in [1.807, 2.05) is 0 Å². The molecule has 126 valence electrons. The summed E-state index contributed by atoms with van der Waals surface area (Å²) >= 11 is 0. The Hall–Kier alpha value is 0. The van der Waals surface area contributed by atoms with E-state index in [-0.39, 0.29) is 0 Å². The van der Waals surface area contributed by atoms with E-state index in [4.69, 9.17) is 0 Å². The molecule has 4 aliphatic rings. The third kappa shape index (κ3) is 2.39. The minimum Gasteiger partial charge on any atom is -0.0622 e. The molecule has 0 aromatic carbocycles. The fourth-order valence-corrected chi connectivity index (χ4v) is 7.92. The van der Waals surface area contributed by atoms with Gasteiger partial charge in [-0.15, -0.1) is 0 Å². The van der Waals surface area contributed by atoms with Crippen LogP contribution in [-0.2, 0) is 0 Å². The van der Waals surface area contributed by atoms with Gasteiger partial charge in [0, 0.05) is 0 Å². The van der Waals surface area contributed by atoms with E-state index in [9.17, 15) is 0 Å². The van der Waals surface area contributed by atoms with Crippen LogP contribution in [0.3, 0.4) is 0 Å². The first-order valence-corrected chi connectivity index (χ1v) is 10.6. The molecule has 0 heterocycles. The summed E-state index contributed by atoms with van der Waals surface area (Å²) in [6.45, 7) is 7.93. The molecule has 0 aliphatic heterocycles. The van der Waals surface area contributed by atoms with E-state index in [1.165, 1.54) is 32.1 Å². The quantitative estimate of drug-likeness (QED) is 0.533. The maximum atomic E-state index is 2.68. The van der Waals surface area contributed by atoms with Gasteiger partial charge < -0.3 is 0 Å². The van der Waals surface area contributed by atoms with Gasteiger partial charge in [0.15, 0.2) is 0 Å². The molecule has 22 heavy (non-hydrogen) atoms. The normalized spacial score (nSPS) is 46.5. The van der Waals surface area contributed by atoms with Crippen molar-refractivity contribution in [2.45, 2.75) is 91.4 Å². The molecule has 0 aromatic rings. The molecule has 4 aliphatic carbocycles. The van der Waals surface area contributed by atoms with Crippen molar-refractivity contribution >= 4 is 0 Å². The molecule has 0 N–H and O–H groups in total. The second kappa shape index (κ2) is 5.82.